The van der Waals surface area contributed by atoms with E-state index in [0.717, 1.165) is 32.2 Å². The Morgan fingerprint density at radius 3 is 2.94 bits per heavy atom. The third-order valence-electron chi connectivity index (χ3n) is 3.77. The molecule has 1 aliphatic heterocycles. The first-order chi connectivity index (χ1) is 8.34. The highest BCUT2D eigenvalue weighted by atomic mass is 16.1. The average Bonchev–Trinajstić information content (AvgIpc) is 2.39. The highest BCUT2D eigenvalue weighted by Crippen LogP contribution is 2.13. The molecule has 1 heterocycles. The molecule has 2 aliphatic rings. The molecule has 17 heavy (non-hydrogen) atoms. The average molecular weight is 236 g/mol. The lowest BCUT2D eigenvalue weighted by atomic mass is 9.99. The summed E-state index contributed by atoms with van der Waals surface area (Å²) in [6.45, 7) is 1.12. The number of hydrogen-bond acceptors (Lipinski definition) is 2. The van der Waals surface area contributed by atoms with E-state index in [4.69, 9.17) is 0 Å². The van der Waals surface area contributed by atoms with Gasteiger partial charge in [0.15, 0.2) is 0 Å². The van der Waals surface area contributed by atoms with Crippen LogP contribution >= 0.6 is 0 Å². The van der Waals surface area contributed by atoms with Crippen LogP contribution in [-0.4, -0.2) is 24.5 Å². The lowest BCUT2D eigenvalue weighted by Crippen LogP contribution is -2.38. The lowest BCUT2D eigenvalue weighted by molar-refractivity contribution is -0.122. The molecule has 3 nitrogen and oxygen atoms in total. The number of piperidine rings is 1. The summed E-state index contributed by atoms with van der Waals surface area (Å²) in [6, 6.07) is 0.951. The van der Waals surface area contributed by atoms with Crippen LogP contribution in [0.1, 0.15) is 51.4 Å². The normalized spacial score (nSPS) is 28.9. The van der Waals surface area contributed by atoms with Gasteiger partial charge >= 0.3 is 0 Å². The molecule has 0 aromatic rings. The molecule has 0 aromatic heterocycles. The van der Waals surface area contributed by atoms with Gasteiger partial charge in [-0.3, -0.25) is 4.79 Å². The summed E-state index contributed by atoms with van der Waals surface area (Å²) in [7, 11) is 0. The van der Waals surface area contributed by atoms with Gasteiger partial charge in [-0.1, -0.05) is 18.6 Å². The Bertz CT molecular complexity index is 269. The number of carbonyl (C=O) groups excluding carboxylic acids is 1. The van der Waals surface area contributed by atoms with Gasteiger partial charge in [0.05, 0.1) is 0 Å². The summed E-state index contributed by atoms with van der Waals surface area (Å²) in [4.78, 5) is 11.8. The minimum Gasteiger partial charge on any atom is -0.353 e. The topological polar surface area (TPSA) is 41.1 Å². The predicted molar refractivity (Wildman–Crippen MR) is 69.8 cm³/mol. The molecule has 0 spiro atoms. The Labute approximate surface area is 104 Å². The fourth-order valence-corrected chi connectivity index (χ4v) is 2.70. The quantitative estimate of drug-likeness (QED) is 0.734. The van der Waals surface area contributed by atoms with Crippen LogP contribution in [0.25, 0.3) is 0 Å². The maximum atomic E-state index is 11.8. The van der Waals surface area contributed by atoms with E-state index >= 15 is 0 Å². The number of amides is 1. The van der Waals surface area contributed by atoms with Crippen molar-refractivity contribution < 1.29 is 4.79 Å². The SMILES string of the molecule is O=C(CCC1CCCCN1)NC1CC=CCC1. The molecule has 2 rings (SSSR count). The molecule has 1 saturated heterocycles. The predicted octanol–water partition coefficient (Wildman–Crippen LogP) is 2.13. The minimum atomic E-state index is 0.234. The van der Waals surface area contributed by atoms with Gasteiger partial charge in [0.1, 0.15) is 0 Å². The van der Waals surface area contributed by atoms with Crippen LogP contribution in [0.2, 0.25) is 0 Å². The van der Waals surface area contributed by atoms with E-state index < -0.39 is 0 Å². The van der Waals surface area contributed by atoms with Crippen molar-refractivity contribution in [3.8, 4) is 0 Å². The smallest absolute Gasteiger partial charge is 0.220 e. The lowest BCUT2D eigenvalue weighted by Gasteiger charge is -2.24. The fourth-order valence-electron chi connectivity index (χ4n) is 2.70. The van der Waals surface area contributed by atoms with Crippen molar-refractivity contribution in [2.24, 2.45) is 0 Å². The van der Waals surface area contributed by atoms with E-state index in [1.165, 1.54) is 19.3 Å². The molecule has 2 unspecified atom stereocenters. The summed E-state index contributed by atoms with van der Waals surface area (Å²) in [5.74, 6) is 0.234. The molecule has 3 heteroatoms. The van der Waals surface area contributed by atoms with Gasteiger partial charge in [-0.15, -0.1) is 0 Å². The van der Waals surface area contributed by atoms with E-state index in [9.17, 15) is 4.79 Å². The number of rotatable bonds is 4. The maximum Gasteiger partial charge on any atom is 0.220 e. The molecule has 0 bridgehead atoms. The Balaban J connectivity index is 1.61. The van der Waals surface area contributed by atoms with E-state index in [1.54, 1.807) is 0 Å². The molecular formula is C14H24N2O. The Morgan fingerprint density at radius 1 is 1.29 bits per heavy atom. The second kappa shape index (κ2) is 6.80. The summed E-state index contributed by atoms with van der Waals surface area (Å²) in [5, 5.41) is 6.63. The zero-order valence-corrected chi connectivity index (χ0v) is 10.6. The summed E-state index contributed by atoms with van der Waals surface area (Å²) >= 11 is 0. The van der Waals surface area contributed by atoms with E-state index in [1.807, 2.05) is 0 Å². The van der Waals surface area contributed by atoms with Gasteiger partial charge in [0.2, 0.25) is 5.91 Å². The van der Waals surface area contributed by atoms with E-state index in [2.05, 4.69) is 22.8 Å². The van der Waals surface area contributed by atoms with Crippen molar-refractivity contribution in [2.75, 3.05) is 6.54 Å². The molecule has 2 atom stereocenters. The third kappa shape index (κ3) is 4.50. The van der Waals surface area contributed by atoms with Crippen LogP contribution in [-0.2, 0) is 4.79 Å². The molecule has 1 fully saturated rings. The van der Waals surface area contributed by atoms with Crippen molar-refractivity contribution in [2.45, 2.75) is 63.5 Å². The van der Waals surface area contributed by atoms with Crippen LogP contribution in [0.15, 0.2) is 12.2 Å². The molecule has 96 valence electrons. The van der Waals surface area contributed by atoms with Gasteiger partial charge < -0.3 is 10.6 Å². The minimum absolute atomic E-state index is 0.234. The van der Waals surface area contributed by atoms with Crippen molar-refractivity contribution in [3.05, 3.63) is 12.2 Å². The zero-order valence-electron chi connectivity index (χ0n) is 10.6. The van der Waals surface area contributed by atoms with Crippen molar-refractivity contribution in [1.29, 1.82) is 0 Å². The number of carbonyl (C=O) groups is 1. The second-order valence-electron chi connectivity index (χ2n) is 5.23. The van der Waals surface area contributed by atoms with Gasteiger partial charge in [-0.05, 0) is 45.1 Å². The second-order valence-corrected chi connectivity index (χ2v) is 5.23. The van der Waals surface area contributed by atoms with Crippen LogP contribution in [0.5, 0.6) is 0 Å². The standard InChI is InChI=1S/C14H24N2O/c17-14(16-13-7-2-1-3-8-13)10-9-12-6-4-5-11-15-12/h1-2,12-13,15H,3-11H2,(H,16,17). The van der Waals surface area contributed by atoms with E-state index in [-0.39, 0.29) is 5.91 Å². The van der Waals surface area contributed by atoms with Gasteiger partial charge in [0.25, 0.3) is 0 Å². The summed E-state index contributed by atoms with van der Waals surface area (Å²) < 4.78 is 0. The maximum absolute atomic E-state index is 11.8. The third-order valence-corrected chi connectivity index (χ3v) is 3.77. The number of allylic oxidation sites excluding steroid dienone is 1. The van der Waals surface area contributed by atoms with Crippen LogP contribution in [0, 0.1) is 0 Å². The highest BCUT2D eigenvalue weighted by molar-refractivity contribution is 5.76. The van der Waals surface area contributed by atoms with Crippen molar-refractivity contribution >= 4 is 5.91 Å². The first kappa shape index (κ1) is 12.6. The van der Waals surface area contributed by atoms with Crippen molar-refractivity contribution in [1.82, 2.24) is 10.6 Å². The van der Waals surface area contributed by atoms with Crippen molar-refractivity contribution in [3.63, 3.8) is 0 Å². The van der Waals surface area contributed by atoms with Gasteiger partial charge in [-0.2, -0.15) is 0 Å². The number of hydrogen-bond donors (Lipinski definition) is 2. The first-order valence-electron chi connectivity index (χ1n) is 7.02. The Hall–Kier alpha value is -0.830. The Kier molecular flexibility index (Phi) is 5.05. The number of nitrogens with one attached hydrogen (secondary N) is 2. The highest BCUT2D eigenvalue weighted by Gasteiger charge is 2.16. The molecule has 1 amide bonds. The molecular weight excluding hydrogens is 212 g/mol. The molecule has 0 saturated carbocycles. The van der Waals surface area contributed by atoms with Gasteiger partial charge in [-0.25, -0.2) is 0 Å². The first-order valence-corrected chi connectivity index (χ1v) is 7.02. The Morgan fingerprint density at radius 2 is 2.24 bits per heavy atom. The van der Waals surface area contributed by atoms with Gasteiger partial charge in [0, 0.05) is 18.5 Å². The van der Waals surface area contributed by atoms with Crippen LogP contribution < -0.4 is 10.6 Å². The van der Waals surface area contributed by atoms with E-state index in [0.29, 0.717) is 18.5 Å². The van der Waals surface area contributed by atoms with Crippen LogP contribution in [0.4, 0.5) is 0 Å². The molecule has 0 radical (unpaired) electrons. The molecule has 0 aromatic carbocycles. The largest absolute Gasteiger partial charge is 0.353 e. The summed E-state index contributed by atoms with van der Waals surface area (Å²) in [5.41, 5.74) is 0. The molecule has 1 aliphatic carbocycles. The fraction of sp³-hybridized carbons (Fsp3) is 0.786. The summed E-state index contributed by atoms with van der Waals surface area (Å²) in [6.07, 6.45) is 13.1. The monoisotopic (exact) mass is 236 g/mol. The van der Waals surface area contributed by atoms with Crippen LogP contribution in [0.3, 0.4) is 0 Å². The molecule has 2 N–H and O–H groups in total. The zero-order chi connectivity index (χ0) is 11.9.